The van der Waals surface area contributed by atoms with Crippen molar-refractivity contribution in [1.82, 2.24) is 14.9 Å². The van der Waals surface area contributed by atoms with E-state index in [2.05, 4.69) is 22.5 Å². The van der Waals surface area contributed by atoms with Gasteiger partial charge in [-0.2, -0.15) is 17.5 Å². The Balaban J connectivity index is 2.56. The first-order valence-corrected chi connectivity index (χ1v) is 9.27. The van der Waals surface area contributed by atoms with Crippen LogP contribution in [0.25, 0.3) is 0 Å². The number of nitrogens with zero attached hydrogens (tertiary/aromatic N) is 2. The average Bonchev–Trinajstić information content (AvgIpc) is 2.47. The van der Waals surface area contributed by atoms with Crippen LogP contribution in [-0.2, 0) is 10.0 Å². The Morgan fingerprint density at radius 3 is 2.35 bits per heavy atom. The third kappa shape index (κ3) is 5.83. The molecule has 1 saturated heterocycles. The van der Waals surface area contributed by atoms with Gasteiger partial charge in [-0.15, -0.1) is 0 Å². The number of aliphatic imine (C=N–C) groups is 1. The number of nitrogens with one attached hydrogen (secondary N) is 2. The smallest absolute Gasteiger partial charge is 0.357 e. The van der Waals surface area contributed by atoms with Crippen molar-refractivity contribution in [3.63, 3.8) is 0 Å². The molecule has 1 fully saturated rings. The third-order valence-electron chi connectivity index (χ3n) is 3.55. The second-order valence-electron chi connectivity index (χ2n) is 5.38. The number of alkyl halides is 3. The monoisotopic (exact) mass is 358 g/mol. The van der Waals surface area contributed by atoms with Crippen LogP contribution in [0, 0.1) is 0 Å². The molecule has 0 spiro atoms. The Hall–Kier alpha value is -1.03. The molecule has 6 nitrogen and oxygen atoms in total. The van der Waals surface area contributed by atoms with Crippen molar-refractivity contribution >= 4 is 16.0 Å². The highest BCUT2D eigenvalue weighted by atomic mass is 32.2. The van der Waals surface area contributed by atoms with E-state index in [1.54, 1.807) is 0 Å². The van der Waals surface area contributed by atoms with Crippen LogP contribution in [0.4, 0.5) is 13.2 Å². The van der Waals surface area contributed by atoms with Crippen molar-refractivity contribution in [2.24, 2.45) is 4.99 Å². The molecule has 0 aromatic rings. The number of halogens is 3. The molecule has 136 valence electrons. The Labute approximate surface area is 135 Å². The van der Waals surface area contributed by atoms with E-state index in [-0.39, 0.29) is 19.1 Å². The molecule has 0 amide bonds. The molecule has 0 aromatic heterocycles. The molecule has 1 aliphatic heterocycles. The summed E-state index contributed by atoms with van der Waals surface area (Å²) in [5, 5.41) is 6.24. The van der Waals surface area contributed by atoms with Gasteiger partial charge in [0.25, 0.3) is 0 Å². The van der Waals surface area contributed by atoms with Gasteiger partial charge in [0.1, 0.15) is 0 Å². The molecule has 1 heterocycles. The number of rotatable bonds is 6. The average molecular weight is 358 g/mol. The lowest BCUT2D eigenvalue weighted by Gasteiger charge is -2.32. The van der Waals surface area contributed by atoms with E-state index in [4.69, 9.17) is 0 Å². The molecule has 1 aliphatic rings. The Morgan fingerprint density at radius 1 is 1.26 bits per heavy atom. The van der Waals surface area contributed by atoms with Crippen molar-refractivity contribution in [3.05, 3.63) is 0 Å². The number of hydrogen-bond donors (Lipinski definition) is 2. The summed E-state index contributed by atoms with van der Waals surface area (Å²) in [7, 11) is -5.22. The molecule has 0 aliphatic carbocycles. The van der Waals surface area contributed by atoms with Crippen LogP contribution in [0.5, 0.6) is 0 Å². The molecule has 0 radical (unpaired) electrons. The molecule has 10 heteroatoms. The summed E-state index contributed by atoms with van der Waals surface area (Å²) in [6, 6.07) is -0.0888. The van der Waals surface area contributed by atoms with Gasteiger partial charge in [-0.3, -0.25) is 4.99 Å². The van der Waals surface area contributed by atoms with Crippen molar-refractivity contribution in [3.8, 4) is 0 Å². The van der Waals surface area contributed by atoms with E-state index in [1.807, 2.05) is 6.92 Å². The summed E-state index contributed by atoms with van der Waals surface area (Å²) in [4.78, 5) is 4.39. The van der Waals surface area contributed by atoms with Crippen LogP contribution in [-0.4, -0.2) is 56.4 Å². The lowest BCUT2D eigenvalue weighted by Crippen LogP contribution is -2.51. The highest BCUT2D eigenvalue weighted by Gasteiger charge is 2.50. The maximum absolute atomic E-state index is 12.5. The number of piperidine rings is 1. The molecular weight excluding hydrogens is 333 g/mol. The van der Waals surface area contributed by atoms with Gasteiger partial charge >= 0.3 is 15.5 Å². The van der Waals surface area contributed by atoms with E-state index < -0.39 is 15.5 Å². The van der Waals surface area contributed by atoms with Gasteiger partial charge in [0, 0.05) is 32.2 Å². The van der Waals surface area contributed by atoms with Gasteiger partial charge in [-0.25, -0.2) is 8.42 Å². The first-order valence-electron chi connectivity index (χ1n) is 7.83. The zero-order valence-electron chi connectivity index (χ0n) is 13.5. The number of guanidine groups is 1. The summed E-state index contributed by atoms with van der Waals surface area (Å²) in [6.45, 7) is 5.05. The second kappa shape index (κ2) is 8.72. The predicted octanol–water partition coefficient (Wildman–Crippen LogP) is 1.66. The van der Waals surface area contributed by atoms with E-state index in [0.29, 0.717) is 36.2 Å². The van der Waals surface area contributed by atoms with E-state index in [1.165, 1.54) is 0 Å². The maximum atomic E-state index is 12.5. The number of hydrogen-bond acceptors (Lipinski definition) is 3. The Bertz CT molecular complexity index is 486. The normalized spacial score (nSPS) is 18.9. The fourth-order valence-corrected chi connectivity index (χ4v) is 3.23. The third-order valence-corrected chi connectivity index (χ3v) is 5.18. The molecule has 0 bridgehead atoms. The molecule has 0 saturated carbocycles. The standard InChI is InChI=1S/C13H25F3N4O2S/c1-3-5-8-18-12(17-4-2)19-11-6-9-20(10-7-11)23(21,22)13(14,15)16/h11H,3-10H2,1-2H3,(H2,17,18,19). The predicted molar refractivity (Wildman–Crippen MR) is 83.6 cm³/mol. The fraction of sp³-hybridized carbons (Fsp3) is 0.923. The minimum absolute atomic E-state index is 0.0888. The van der Waals surface area contributed by atoms with Gasteiger partial charge in [0.05, 0.1) is 0 Å². The van der Waals surface area contributed by atoms with Crippen LogP contribution in [0.3, 0.4) is 0 Å². The van der Waals surface area contributed by atoms with Gasteiger partial charge in [-0.05, 0) is 26.2 Å². The van der Waals surface area contributed by atoms with Gasteiger partial charge < -0.3 is 10.6 Å². The van der Waals surface area contributed by atoms with Crippen LogP contribution in [0.15, 0.2) is 4.99 Å². The van der Waals surface area contributed by atoms with Gasteiger partial charge in [-0.1, -0.05) is 13.3 Å². The van der Waals surface area contributed by atoms with Crippen LogP contribution in [0.1, 0.15) is 39.5 Å². The number of sulfonamides is 1. The van der Waals surface area contributed by atoms with Crippen LogP contribution in [0.2, 0.25) is 0 Å². The minimum Gasteiger partial charge on any atom is -0.357 e. The maximum Gasteiger partial charge on any atom is 0.511 e. The van der Waals surface area contributed by atoms with Crippen molar-refractivity contribution in [2.45, 2.75) is 51.1 Å². The van der Waals surface area contributed by atoms with Crippen molar-refractivity contribution in [1.29, 1.82) is 0 Å². The van der Waals surface area contributed by atoms with E-state index >= 15 is 0 Å². The molecule has 0 unspecified atom stereocenters. The largest absolute Gasteiger partial charge is 0.511 e. The van der Waals surface area contributed by atoms with Gasteiger partial charge in [0.2, 0.25) is 0 Å². The highest BCUT2D eigenvalue weighted by Crippen LogP contribution is 2.28. The number of unbranched alkanes of at least 4 members (excludes halogenated alkanes) is 1. The van der Waals surface area contributed by atoms with Crippen molar-refractivity contribution < 1.29 is 21.6 Å². The molecular formula is C13H25F3N4O2S. The first kappa shape index (κ1) is 20.0. The SMILES string of the molecule is CCCCN=C(NCC)NC1CCN(S(=O)(=O)C(F)(F)F)CC1. The zero-order valence-corrected chi connectivity index (χ0v) is 14.3. The lowest BCUT2D eigenvalue weighted by molar-refractivity contribution is -0.0494. The summed E-state index contributed by atoms with van der Waals surface area (Å²) in [5.41, 5.74) is -5.23. The fourth-order valence-electron chi connectivity index (χ4n) is 2.25. The summed E-state index contributed by atoms with van der Waals surface area (Å²) in [5.74, 6) is 0.623. The lowest BCUT2D eigenvalue weighted by atomic mass is 10.1. The topological polar surface area (TPSA) is 73.8 Å². The Kier molecular flexibility index (Phi) is 7.59. The first-order chi connectivity index (χ1) is 10.7. The van der Waals surface area contributed by atoms with Crippen LogP contribution >= 0.6 is 0 Å². The minimum atomic E-state index is -5.23. The summed E-state index contributed by atoms with van der Waals surface area (Å²) >= 11 is 0. The summed E-state index contributed by atoms with van der Waals surface area (Å²) < 4.78 is 60.8. The Morgan fingerprint density at radius 2 is 1.87 bits per heavy atom. The molecule has 2 N–H and O–H groups in total. The van der Waals surface area contributed by atoms with E-state index in [0.717, 1.165) is 12.8 Å². The highest BCUT2D eigenvalue weighted by molar-refractivity contribution is 7.90. The van der Waals surface area contributed by atoms with Crippen LogP contribution < -0.4 is 10.6 Å². The zero-order chi connectivity index (χ0) is 17.5. The van der Waals surface area contributed by atoms with Gasteiger partial charge in [0.15, 0.2) is 5.96 Å². The summed E-state index contributed by atoms with van der Waals surface area (Å²) in [6.07, 6.45) is 2.61. The quantitative estimate of drug-likeness (QED) is 0.430. The van der Waals surface area contributed by atoms with E-state index in [9.17, 15) is 21.6 Å². The van der Waals surface area contributed by atoms with Crippen molar-refractivity contribution in [2.75, 3.05) is 26.2 Å². The molecule has 0 aromatic carbocycles. The molecule has 0 atom stereocenters. The second-order valence-corrected chi connectivity index (χ2v) is 7.31. The molecule has 23 heavy (non-hydrogen) atoms. The molecule has 1 rings (SSSR count).